The van der Waals surface area contributed by atoms with Gasteiger partial charge in [-0.15, -0.1) is 0 Å². The first-order chi connectivity index (χ1) is 12.2. The van der Waals surface area contributed by atoms with Gasteiger partial charge in [0.15, 0.2) is 0 Å². The van der Waals surface area contributed by atoms with Crippen molar-refractivity contribution in [3.8, 4) is 0 Å². The maximum Gasteiger partial charge on any atom is 0.416 e. The molecule has 0 aromatic heterocycles. The van der Waals surface area contributed by atoms with E-state index in [1.54, 1.807) is 12.1 Å². The number of carboxylic acid groups (broad SMARTS) is 1. The van der Waals surface area contributed by atoms with Crippen LogP contribution in [0.5, 0.6) is 0 Å². The van der Waals surface area contributed by atoms with Gasteiger partial charge in [-0.3, -0.25) is 0 Å². The Balaban J connectivity index is 2.51. The summed E-state index contributed by atoms with van der Waals surface area (Å²) in [6.45, 7) is 0. The molecule has 0 bridgehead atoms. The second-order valence-electron chi connectivity index (χ2n) is 5.23. The molecule has 0 heterocycles. The number of carbonyl (C=O) groups is 1. The molecule has 0 atom stereocenters. The summed E-state index contributed by atoms with van der Waals surface area (Å²) in [6, 6.07) is 9.85. The maximum atomic E-state index is 14.5. The van der Waals surface area contributed by atoms with E-state index < -0.39 is 23.5 Å². The van der Waals surface area contributed by atoms with Crippen LogP contribution in [0.15, 0.2) is 54.8 Å². The smallest absolute Gasteiger partial charge is 0.416 e. The molecule has 0 aliphatic carbocycles. The fourth-order valence-corrected chi connectivity index (χ4v) is 2.28. The first-order valence-electron chi connectivity index (χ1n) is 7.34. The van der Waals surface area contributed by atoms with E-state index >= 15 is 0 Å². The van der Waals surface area contributed by atoms with Crippen molar-refractivity contribution in [1.82, 2.24) is 0 Å². The first-order valence-corrected chi connectivity index (χ1v) is 7.34. The predicted molar refractivity (Wildman–Crippen MR) is 89.5 cm³/mol. The number of benzene rings is 2. The molecule has 1 N–H and O–H groups in total. The van der Waals surface area contributed by atoms with Gasteiger partial charge in [-0.05, 0) is 29.3 Å². The second-order valence-corrected chi connectivity index (χ2v) is 5.23. The van der Waals surface area contributed by atoms with Crippen molar-refractivity contribution in [2.75, 3.05) is 7.11 Å². The Hall–Kier alpha value is -3.09. The Labute approximate surface area is 146 Å². The van der Waals surface area contributed by atoms with Crippen LogP contribution in [0.2, 0.25) is 0 Å². The minimum atomic E-state index is -4.59. The predicted octanol–water partition coefficient (Wildman–Crippen LogP) is 5.24. The third-order valence-electron chi connectivity index (χ3n) is 3.46. The van der Waals surface area contributed by atoms with Crippen LogP contribution < -0.4 is 0 Å². The highest BCUT2D eigenvalue weighted by atomic mass is 19.4. The summed E-state index contributed by atoms with van der Waals surface area (Å²) < 4.78 is 57.6. The van der Waals surface area contributed by atoms with Crippen molar-refractivity contribution in [3.05, 3.63) is 77.0 Å². The first kappa shape index (κ1) is 19.2. The van der Waals surface area contributed by atoms with Crippen LogP contribution in [0.3, 0.4) is 0 Å². The standard InChI is InChI=1S/C19H14F4O3/c1-26-11-16(18(24)25)15-8-3-2-5-12(15)10-17(20)13-6-4-7-14(9-13)19(21,22)23/h2-11H,1H3,(H,24,25). The minimum Gasteiger partial charge on any atom is -0.503 e. The Morgan fingerprint density at radius 2 is 1.81 bits per heavy atom. The van der Waals surface area contributed by atoms with Gasteiger partial charge < -0.3 is 9.84 Å². The SMILES string of the molecule is COC=C(C(=O)O)c1ccccc1C=C(F)c1cccc(C(F)(F)F)c1. The van der Waals surface area contributed by atoms with Gasteiger partial charge in [-0.25, -0.2) is 9.18 Å². The molecule has 0 aliphatic heterocycles. The molecule has 2 aromatic rings. The topological polar surface area (TPSA) is 46.5 Å². The maximum absolute atomic E-state index is 14.5. The zero-order chi connectivity index (χ0) is 19.3. The van der Waals surface area contributed by atoms with Gasteiger partial charge in [0.2, 0.25) is 0 Å². The monoisotopic (exact) mass is 366 g/mol. The highest BCUT2D eigenvalue weighted by Crippen LogP contribution is 2.32. The summed E-state index contributed by atoms with van der Waals surface area (Å²) in [7, 11) is 1.27. The molecule has 0 unspecified atom stereocenters. The van der Waals surface area contributed by atoms with E-state index in [0.717, 1.165) is 24.5 Å². The normalized spacial score (nSPS) is 12.8. The van der Waals surface area contributed by atoms with Crippen molar-refractivity contribution in [1.29, 1.82) is 0 Å². The average molecular weight is 366 g/mol. The fourth-order valence-electron chi connectivity index (χ4n) is 2.28. The third-order valence-corrected chi connectivity index (χ3v) is 3.46. The second kappa shape index (κ2) is 7.86. The van der Waals surface area contributed by atoms with Gasteiger partial charge >= 0.3 is 12.1 Å². The summed E-state index contributed by atoms with van der Waals surface area (Å²) in [6.07, 6.45) is -2.61. The zero-order valence-electron chi connectivity index (χ0n) is 13.5. The van der Waals surface area contributed by atoms with Crippen LogP contribution in [0.25, 0.3) is 17.5 Å². The molecule has 0 radical (unpaired) electrons. The number of ether oxygens (including phenoxy) is 1. The van der Waals surface area contributed by atoms with Gasteiger partial charge in [0, 0.05) is 5.56 Å². The molecule has 7 heteroatoms. The Morgan fingerprint density at radius 1 is 1.12 bits per heavy atom. The van der Waals surface area contributed by atoms with E-state index in [1.807, 2.05) is 0 Å². The van der Waals surface area contributed by atoms with E-state index in [-0.39, 0.29) is 22.3 Å². The van der Waals surface area contributed by atoms with Crippen LogP contribution in [0.1, 0.15) is 22.3 Å². The minimum absolute atomic E-state index is 0.170. The number of halogens is 4. The average Bonchev–Trinajstić information content (AvgIpc) is 2.59. The number of hydrogen-bond acceptors (Lipinski definition) is 2. The molecule has 136 valence electrons. The van der Waals surface area contributed by atoms with Crippen molar-refractivity contribution >= 4 is 23.4 Å². The number of aliphatic carboxylic acids is 1. The lowest BCUT2D eigenvalue weighted by Gasteiger charge is -2.09. The molecule has 2 rings (SSSR count). The molecule has 0 saturated heterocycles. The largest absolute Gasteiger partial charge is 0.503 e. The third kappa shape index (κ3) is 4.50. The highest BCUT2D eigenvalue weighted by Gasteiger charge is 2.30. The Morgan fingerprint density at radius 3 is 2.42 bits per heavy atom. The number of alkyl halides is 3. The summed E-state index contributed by atoms with van der Waals surface area (Å²) in [5.74, 6) is -2.21. The molecule has 0 amide bonds. The van der Waals surface area contributed by atoms with Crippen molar-refractivity contribution < 1.29 is 32.2 Å². The molecule has 3 nitrogen and oxygen atoms in total. The molecule has 0 saturated carbocycles. The van der Waals surface area contributed by atoms with Crippen LogP contribution in [0, 0.1) is 0 Å². The fraction of sp³-hybridized carbons (Fsp3) is 0.105. The molecular formula is C19H14F4O3. The molecule has 0 aliphatic rings. The summed E-state index contributed by atoms with van der Waals surface area (Å²) in [5.41, 5.74) is -1.09. The van der Waals surface area contributed by atoms with Crippen molar-refractivity contribution in [3.63, 3.8) is 0 Å². The number of rotatable bonds is 5. The van der Waals surface area contributed by atoms with E-state index in [4.69, 9.17) is 4.74 Å². The van der Waals surface area contributed by atoms with E-state index in [1.165, 1.54) is 25.3 Å². The number of methoxy groups -OCH3 is 1. The summed E-state index contributed by atoms with van der Waals surface area (Å²) >= 11 is 0. The lowest BCUT2D eigenvalue weighted by Crippen LogP contribution is -2.04. The van der Waals surface area contributed by atoms with Crippen LogP contribution in [-0.4, -0.2) is 18.2 Å². The Bertz CT molecular complexity index is 867. The molecule has 0 fully saturated rings. The van der Waals surface area contributed by atoms with Crippen molar-refractivity contribution in [2.45, 2.75) is 6.18 Å². The van der Waals surface area contributed by atoms with Crippen LogP contribution in [-0.2, 0) is 15.7 Å². The highest BCUT2D eigenvalue weighted by molar-refractivity contribution is 6.16. The van der Waals surface area contributed by atoms with Gasteiger partial charge in [-0.1, -0.05) is 36.4 Å². The van der Waals surface area contributed by atoms with Gasteiger partial charge in [0.25, 0.3) is 0 Å². The van der Waals surface area contributed by atoms with Gasteiger partial charge in [0.05, 0.1) is 18.9 Å². The van der Waals surface area contributed by atoms with E-state index in [0.29, 0.717) is 6.07 Å². The number of carboxylic acids is 1. The lowest BCUT2D eigenvalue weighted by molar-refractivity contribution is -0.137. The quantitative estimate of drug-likeness (QED) is 0.340. The van der Waals surface area contributed by atoms with Crippen molar-refractivity contribution in [2.24, 2.45) is 0 Å². The van der Waals surface area contributed by atoms with E-state index in [9.17, 15) is 27.5 Å². The number of hydrogen-bond donors (Lipinski definition) is 1. The molecule has 0 spiro atoms. The lowest BCUT2D eigenvalue weighted by atomic mass is 9.99. The van der Waals surface area contributed by atoms with Crippen LogP contribution in [0.4, 0.5) is 17.6 Å². The summed E-state index contributed by atoms with van der Waals surface area (Å²) in [4.78, 5) is 11.4. The molecular weight excluding hydrogens is 352 g/mol. The van der Waals surface area contributed by atoms with Gasteiger partial charge in [-0.2, -0.15) is 13.2 Å². The summed E-state index contributed by atoms with van der Waals surface area (Å²) in [5, 5.41) is 9.27. The Kier molecular flexibility index (Phi) is 5.82. The molecule has 2 aromatic carbocycles. The van der Waals surface area contributed by atoms with E-state index in [2.05, 4.69) is 0 Å². The van der Waals surface area contributed by atoms with Gasteiger partial charge in [0.1, 0.15) is 11.4 Å². The zero-order valence-corrected chi connectivity index (χ0v) is 13.5. The molecule has 26 heavy (non-hydrogen) atoms. The van der Waals surface area contributed by atoms with Crippen LogP contribution >= 0.6 is 0 Å².